The van der Waals surface area contributed by atoms with E-state index in [-0.39, 0.29) is 24.3 Å². The average molecular weight is 852 g/mol. The van der Waals surface area contributed by atoms with Gasteiger partial charge in [-0.3, -0.25) is 9.78 Å². The zero-order chi connectivity index (χ0) is 42.5. The van der Waals surface area contributed by atoms with Gasteiger partial charge in [0.25, 0.3) is 0 Å². The van der Waals surface area contributed by atoms with E-state index in [0.717, 1.165) is 113 Å². The first-order chi connectivity index (χ1) is 28.3. The highest BCUT2D eigenvalue weighted by Gasteiger charge is 2.44. The first-order valence-electron chi connectivity index (χ1n) is 20.9. The lowest BCUT2D eigenvalue weighted by molar-refractivity contribution is -0.304. The first kappa shape index (κ1) is 45.4. The van der Waals surface area contributed by atoms with Gasteiger partial charge in [-0.1, -0.05) is 13.8 Å². The van der Waals surface area contributed by atoms with E-state index in [0.29, 0.717) is 26.0 Å². The molecule has 8 bridgehead atoms. The van der Waals surface area contributed by atoms with Gasteiger partial charge in [0.05, 0.1) is 24.6 Å². The third-order valence-electron chi connectivity index (χ3n) is 12.3. The number of nitrogens with zero attached hydrogens (tertiary/aromatic N) is 3. The second kappa shape index (κ2) is 20.2. The Bertz CT molecular complexity index is 2170. The summed E-state index contributed by atoms with van der Waals surface area (Å²) in [6.45, 7) is 14.1. The summed E-state index contributed by atoms with van der Waals surface area (Å²) in [6, 6.07) is 6.25. The molecule has 2 unspecified atom stereocenters. The molecule has 1 fully saturated rings. The summed E-state index contributed by atoms with van der Waals surface area (Å²) < 4.78 is 17.6. The molecule has 15 heteroatoms. The Morgan fingerprint density at radius 1 is 0.932 bits per heavy atom. The molecule has 3 aromatic rings. The third-order valence-corrected chi connectivity index (χ3v) is 13.8. The van der Waals surface area contributed by atoms with E-state index in [2.05, 4.69) is 77.8 Å². The number of amides is 1. The van der Waals surface area contributed by atoms with Crippen LogP contribution in [0.15, 0.2) is 18.2 Å². The third kappa shape index (κ3) is 10.0. The number of carbonyl (C=O) groups is 1. The van der Waals surface area contributed by atoms with Crippen molar-refractivity contribution in [3.05, 3.63) is 68.8 Å². The van der Waals surface area contributed by atoms with Crippen LogP contribution in [0, 0.1) is 20.8 Å². The van der Waals surface area contributed by atoms with Gasteiger partial charge in [-0.05, 0) is 112 Å². The minimum atomic E-state index is -1.55. The Balaban J connectivity index is 1.40. The van der Waals surface area contributed by atoms with Gasteiger partial charge >= 0.3 is 0 Å². The molecule has 1 amide bonds. The van der Waals surface area contributed by atoms with Gasteiger partial charge in [0, 0.05) is 84.1 Å². The van der Waals surface area contributed by atoms with Gasteiger partial charge in [-0.2, -0.15) is 0 Å². The SMILES string of the molecule is CCc1c(C)c2cc3[nH]c(cc4nc(c(C)c5nc(cc1[nH]2)C(C)=C5)[C@@H](CCC(=O)N(C)CCCOCCCPP)[C@@H]4C)c(C)c3CO[C@@H]1O[C@H](CO)[C@@H](O)[C@H](O)[C@H]1O. The number of allylic oxidation sites excluding steroid dienone is 1. The number of rotatable bonds is 16. The van der Waals surface area contributed by atoms with E-state index in [9.17, 15) is 25.2 Å². The minimum absolute atomic E-state index is 0.00175. The first-order valence-corrected chi connectivity index (χ1v) is 23.9. The highest BCUT2D eigenvalue weighted by molar-refractivity contribution is 8.02. The zero-order valence-electron chi connectivity index (χ0n) is 35.5. The maximum Gasteiger partial charge on any atom is 0.222 e. The lowest BCUT2D eigenvalue weighted by Crippen LogP contribution is -2.59. The molecule has 0 aliphatic carbocycles. The fraction of sp³-hybridized carbons (Fsp3) is 0.568. The molecule has 6 rings (SSSR count). The van der Waals surface area contributed by atoms with Crippen LogP contribution in [-0.4, -0.2) is 121 Å². The van der Waals surface area contributed by atoms with Crippen molar-refractivity contribution in [1.82, 2.24) is 24.8 Å². The maximum atomic E-state index is 13.5. The molecular formula is C44H63N5O8P2. The topological polar surface area (TPSA) is 186 Å². The van der Waals surface area contributed by atoms with Crippen LogP contribution in [0.3, 0.4) is 0 Å². The van der Waals surface area contributed by atoms with E-state index in [4.69, 9.17) is 24.2 Å². The van der Waals surface area contributed by atoms with Crippen LogP contribution in [0.5, 0.6) is 0 Å². The number of hydrogen-bond acceptors (Lipinski definition) is 10. The van der Waals surface area contributed by atoms with E-state index in [1.165, 1.54) is 5.56 Å². The van der Waals surface area contributed by atoms with Crippen molar-refractivity contribution in [3.63, 3.8) is 0 Å². The van der Waals surface area contributed by atoms with E-state index in [1.54, 1.807) is 0 Å². The van der Waals surface area contributed by atoms with Crippen LogP contribution >= 0.6 is 17.2 Å². The number of aliphatic hydroxyl groups is 4. The van der Waals surface area contributed by atoms with Gasteiger partial charge < -0.3 is 49.5 Å². The molecule has 13 nitrogen and oxygen atoms in total. The van der Waals surface area contributed by atoms with Crippen molar-refractivity contribution < 1.29 is 39.4 Å². The number of aliphatic hydroxyl groups excluding tert-OH is 4. The standard InChI is InChI=1S/C44H63N5O8P2/c1-8-28-24(3)34-20-37-30(22-56-44-43(54)42(53)41(52)38(21-50)57-44)26(5)33(47-37)19-35-25(4)29(11-12-39(51)49(7)13-9-14-55-15-10-16-59-58)40(48-35)27(6)32-17-23(2)31(45-32)18-36(28)46-34/h17-20,25,29,38,41-44,46-47,50,52-54,59H,8-16,21-22,58H2,1-7H3/t25-,29-,38+,41+,42-,43+,44+/m0/s1. The molecule has 0 saturated carbocycles. The molecule has 3 aliphatic rings. The second-order valence-electron chi connectivity index (χ2n) is 16.2. The summed E-state index contributed by atoms with van der Waals surface area (Å²) in [5, 5.41) is 41.3. The van der Waals surface area contributed by atoms with E-state index < -0.39 is 37.3 Å². The highest BCUT2D eigenvalue weighted by atomic mass is 32.0. The van der Waals surface area contributed by atoms with Gasteiger partial charge in [0.1, 0.15) is 24.4 Å². The van der Waals surface area contributed by atoms with Crippen LogP contribution in [0.25, 0.3) is 33.7 Å². The molecule has 6 N–H and O–H groups in total. The summed E-state index contributed by atoms with van der Waals surface area (Å²) in [4.78, 5) is 33.0. The predicted molar refractivity (Wildman–Crippen MR) is 238 cm³/mol. The van der Waals surface area contributed by atoms with Crippen LogP contribution < -0.4 is 0 Å². The van der Waals surface area contributed by atoms with Crippen molar-refractivity contribution in [2.75, 3.05) is 39.6 Å². The number of hydrogen-bond donors (Lipinski definition) is 6. The van der Waals surface area contributed by atoms with Crippen molar-refractivity contribution in [1.29, 1.82) is 0 Å². The van der Waals surface area contributed by atoms with Crippen LogP contribution in [0.4, 0.5) is 0 Å². The zero-order valence-corrected chi connectivity index (χ0v) is 37.6. The maximum absolute atomic E-state index is 13.5. The summed E-state index contributed by atoms with van der Waals surface area (Å²) in [5.74, 6) is 0.0786. The number of fused-ring (bicyclic) bond motifs is 8. The average Bonchev–Trinajstić information content (AvgIpc) is 3.92. The Morgan fingerprint density at radius 3 is 2.34 bits per heavy atom. The molecule has 59 heavy (non-hydrogen) atoms. The molecule has 3 aliphatic heterocycles. The molecule has 0 spiro atoms. The molecule has 3 aromatic heterocycles. The lowest BCUT2D eigenvalue weighted by atomic mass is 9.85. The van der Waals surface area contributed by atoms with Crippen molar-refractivity contribution in [3.8, 4) is 0 Å². The number of H-pyrrole nitrogens is 2. The molecule has 6 heterocycles. The van der Waals surface area contributed by atoms with Crippen molar-refractivity contribution in [2.24, 2.45) is 0 Å². The fourth-order valence-corrected chi connectivity index (χ4v) is 9.35. The number of aryl methyl sites for hydroxylation is 3. The monoisotopic (exact) mass is 851 g/mol. The van der Waals surface area contributed by atoms with E-state index >= 15 is 0 Å². The summed E-state index contributed by atoms with van der Waals surface area (Å²) >= 11 is 0. The molecule has 0 aromatic carbocycles. The predicted octanol–water partition coefficient (Wildman–Crippen LogP) is 6.07. The Labute approximate surface area is 351 Å². The second-order valence-corrected chi connectivity index (χ2v) is 18.3. The Morgan fingerprint density at radius 2 is 1.63 bits per heavy atom. The normalized spacial score (nSPS) is 23.3. The number of aromatic nitrogens is 4. The highest BCUT2D eigenvalue weighted by Crippen LogP contribution is 2.42. The number of ether oxygens (including phenoxy) is 3. The molecule has 1 saturated heterocycles. The van der Waals surface area contributed by atoms with Crippen LogP contribution in [0.2, 0.25) is 0 Å². The fourth-order valence-electron chi connectivity index (χ4n) is 8.39. The number of carbonyl (C=O) groups excluding carboxylic acids is 1. The Hall–Kier alpha value is -3.09. The molecular weight excluding hydrogens is 788 g/mol. The van der Waals surface area contributed by atoms with Gasteiger partial charge in [0.15, 0.2) is 6.29 Å². The van der Waals surface area contributed by atoms with Gasteiger partial charge in [-0.15, -0.1) is 17.2 Å². The molecule has 322 valence electrons. The van der Waals surface area contributed by atoms with Gasteiger partial charge in [-0.25, -0.2) is 4.98 Å². The minimum Gasteiger partial charge on any atom is -0.394 e. The van der Waals surface area contributed by atoms with Crippen molar-refractivity contribution >= 4 is 56.8 Å². The number of aromatic amines is 2. The smallest absolute Gasteiger partial charge is 0.222 e. The van der Waals surface area contributed by atoms with Crippen LogP contribution in [0.1, 0.15) is 109 Å². The van der Waals surface area contributed by atoms with E-state index in [1.807, 2.05) is 18.9 Å². The van der Waals surface area contributed by atoms with Gasteiger partial charge in [0.2, 0.25) is 5.91 Å². The number of nitrogens with one attached hydrogen (secondary N) is 2. The molecule has 9 atom stereocenters. The lowest BCUT2D eigenvalue weighted by Gasteiger charge is -2.39. The van der Waals surface area contributed by atoms with Crippen LogP contribution in [-0.2, 0) is 32.0 Å². The largest absolute Gasteiger partial charge is 0.394 e. The summed E-state index contributed by atoms with van der Waals surface area (Å²) in [7, 11) is 5.50. The Kier molecular flexibility index (Phi) is 15.5. The molecule has 0 radical (unpaired) electrons. The summed E-state index contributed by atoms with van der Waals surface area (Å²) in [6.07, 6.45) is 0.0531. The van der Waals surface area contributed by atoms with Crippen molar-refractivity contribution in [2.45, 2.75) is 123 Å². The summed E-state index contributed by atoms with van der Waals surface area (Å²) in [5.41, 5.74) is 13.1. The quantitative estimate of drug-likeness (QED) is 0.0730.